The topological polar surface area (TPSA) is 38.5 Å². The van der Waals surface area contributed by atoms with E-state index < -0.39 is 0 Å². The summed E-state index contributed by atoms with van der Waals surface area (Å²) in [5.74, 6) is 1.14. The van der Waals surface area contributed by atoms with E-state index >= 15 is 0 Å². The number of thioether (sulfide) groups is 1. The molecule has 2 atom stereocenters. The second-order valence-electron chi connectivity index (χ2n) is 5.11. The van der Waals surface area contributed by atoms with E-state index in [9.17, 15) is 0 Å². The van der Waals surface area contributed by atoms with Gasteiger partial charge >= 0.3 is 0 Å². The lowest BCUT2D eigenvalue weighted by atomic mass is 10.0. The SMILES string of the molecule is CCC(CSC)N(C)C(CN)c1ccc(COC)cc1. The fourth-order valence-corrected chi connectivity index (χ4v) is 3.37. The Labute approximate surface area is 127 Å². The Morgan fingerprint density at radius 3 is 2.40 bits per heavy atom. The van der Waals surface area contributed by atoms with Crippen LogP contribution in [0.1, 0.15) is 30.5 Å². The summed E-state index contributed by atoms with van der Waals surface area (Å²) in [6, 6.07) is 9.46. The number of hydrogen-bond donors (Lipinski definition) is 1. The summed E-state index contributed by atoms with van der Waals surface area (Å²) in [5, 5.41) is 0. The molecule has 1 rings (SSSR count). The number of methoxy groups -OCH3 is 1. The molecule has 0 saturated carbocycles. The Hall–Kier alpha value is -0.550. The smallest absolute Gasteiger partial charge is 0.0713 e. The molecule has 4 heteroatoms. The van der Waals surface area contributed by atoms with E-state index in [0.29, 0.717) is 19.2 Å². The summed E-state index contributed by atoms with van der Waals surface area (Å²) in [6.07, 6.45) is 3.31. The molecule has 2 N–H and O–H groups in total. The molecule has 0 aliphatic heterocycles. The van der Waals surface area contributed by atoms with Crippen molar-refractivity contribution in [2.45, 2.75) is 32.0 Å². The predicted octanol–water partition coefficient (Wildman–Crippen LogP) is 2.91. The maximum atomic E-state index is 6.02. The standard InChI is InChI=1S/C16H28N2OS/c1-5-15(12-20-4)18(2)16(10-17)14-8-6-13(7-9-14)11-19-3/h6-9,15-16H,5,10-12,17H2,1-4H3. The molecular weight excluding hydrogens is 268 g/mol. The van der Waals surface area contributed by atoms with Crippen LogP contribution in [0.5, 0.6) is 0 Å². The normalized spacial score (nSPS) is 14.5. The first-order valence-corrected chi connectivity index (χ1v) is 8.56. The Morgan fingerprint density at radius 1 is 1.30 bits per heavy atom. The third-order valence-electron chi connectivity index (χ3n) is 3.80. The second kappa shape index (κ2) is 9.40. The van der Waals surface area contributed by atoms with Crippen LogP contribution in [0.2, 0.25) is 0 Å². The minimum absolute atomic E-state index is 0.281. The van der Waals surface area contributed by atoms with Gasteiger partial charge in [-0.2, -0.15) is 11.8 Å². The molecule has 0 aliphatic rings. The summed E-state index contributed by atoms with van der Waals surface area (Å²) in [7, 11) is 3.91. The van der Waals surface area contributed by atoms with Crippen molar-refractivity contribution in [3.05, 3.63) is 35.4 Å². The molecule has 20 heavy (non-hydrogen) atoms. The Kier molecular flexibility index (Phi) is 8.22. The first-order chi connectivity index (χ1) is 9.67. The Bertz CT molecular complexity index is 369. The van der Waals surface area contributed by atoms with Crippen LogP contribution in [0.15, 0.2) is 24.3 Å². The van der Waals surface area contributed by atoms with Gasteiger partial charge in [0.1, 0.15) is 0 Å². The number of nitrogens with zero attached hydrogens (tertiary/aromatic N) is 1. The van der Waals surface area contributed by atoms with Crippen LogP contribution in [0.25, 0.3) is 0 Å². The summed E-state index contributed by atoms with van der Waals surface area (Å²) in [5.41, 5.74) is 8.50. The van der Waals surface area contributed by atoms with E-state index in [1.165, 1.54) is 11.1 Å². The monoisotopic (exact) mass is 296 g/mol. The first kappa shape index (κ1) is 17.5. The quantitative estimate of drug-likeness (QED) is 0.760. The molecule has 0 aliphatic carbocycles. The van der Waals surface area contributed by atoms with Crippen LogP contribution < -0.4 is 5.73 Å². The summed E-state index contributed by atoms with van der Waals surface area (Å²) in [6.45, 7) is 3.55. The van der Waals surface area contributed by atoms with Crippen molar-refractivity contribution in [2.24, 2.45) is 5.73 Å². The third-order valence-corrected chi connectivity index (χ3v) is 4.51. The van der Waals surface area contributed by atoms with Crippen molar-refractivity contribution in [3.8, 4) is 0 Å². The number of ether oxygens (including phenoxy) is 1. The first-order valence-electron chi connectivity index (χ1n) is 7.16. The zero-order chi connectivity index (χ0) is 15.0. The van der Waals surface area contributed by atoms with Gasteiger partial charge in [0.05, 0.1) is 6.61 Å². The highest BCUT2D eigenvalue weighted by Crippen LogP contribution is 2.23. The van der Waals surface area contributed by atoms with Crippen molar-refractivity contribution in [1.29, 1.82) is 0 Å². The van der Waals surface area contributed by atoms with Crippen LogP contribution in [0.3, 0.4) is 0 Å². The lowest BCUT2D eigenvalue weighted by Crippen LogP contribution is -2.39. The molecule has 0 heterocycles. The number of rotatable bonds is 9. The average Bonchev–Trinajstić information content (AvgIpc) is 2.47. The summed E-state index contributed by atoms with van der Waals surface area (Å²) < 4.78 is 5.15. The van der Waals surface area contributed by atoms with E-state index in [1.54, 1.807) is 7.11 Å². The molecule has 0 saturated heterocycles. The third kappa shape index (κ3) is 4.77. The van der Waals surface area contributed by atoms with Crippen molar-refractivity contribution in [1.82, 2.24) is 4.90 Å². The fourth-order valence-electron chi connectivity index (χ4n) is 2.51. The molecule has 0 bridgehead atoms. The van der Waals surface area contributed by atoms with E-state index in [-0.39, 0.29) is 6.04 Å². The number of nitrogens with two attached hydrogens (primary N) is 1. The van der Waals surface area contributed by atoms with Crippen LogP contribution in [-0.4, -0.2) is 43.7 Å². The molecule has 1 aromatic carbocycles. The van der Waals surface area contributed by atoms with Gasteiger partial charge in [0.25, 0.3) is 0 Å². The van der Waals surface area contributed by atoms with Gasteiger partial charge < -0.3 is 10.5 Å². The molecule has 1 aromatic rings. The van der Waals surface area contributed by atoms with Crippen molar-refractivity contribution in [2.75, 3.05) is 32.7 Å². The van der Waals surface area contributed by atoms with E-state index in [0.717, 1.165) is 12.2 Å². The van der Waals surface area contributed by atoms with Gasteiger partial charge in [0.2, 0.25) is 0 Å². The van der Waals surface area contributed by atoms with Crippen molar-refractivity contribution in [3.63, 3.8) is 0 Å². The molecule has 114 valence electrons. The van der Waals surface area contributed by atoms with Crippen molar-refractivity contribution >= 4 is 11.8 Å². The maximum absolute atomic E-state index is 6.02. The van der Waals surface area contributed by atoms with Gasteiger partial charge in [-0.1, -0.05) is 31.2 Å². The molecule has 2 unspecified atom stereocenters. The maximum Gasteiger partial charge on any atom is 0.0713 e. The molecule has 0 aromatic heterocycles. The molecule has 0 amide bonds. The number of hydrogen-bond acceptors (Lipinski definition) is 4. The summed E-state index contributed by atoms with van der Waals surface area (Å²) in [4.78, 5) is 2.42. The van der Waals surface area contributed by atoms with E-state index in [4.69, 9.17) is 10.5 Å². The van der Waals surface area contributed by atoms with Gasteiger partial charge in [-0.15, -0.1) is 0 Å². The van der Waals surface area contributed by atoms with Crippen LogP contribution in [0, 0.1) is 0 Å². The van der Waals surface area contributed by atoms with Gasteiger partial charge in [-0.25, -0.2) is 0 Å². The highest BCUT2D eigenvalue weighted by atomic mass is 32.2. The second-order valence-corrected chi connectivity index (χ2v) is 6.02. The van der Waals surface area contributed by atoms with Crippen molar-refractivity contribution < 1.29 is 4.74 Å². The minimum Gasteiger partial charge on any atom is -0.380 e. The molecule has 0 fully saturated rings. The van der Waals surface area contributed by atoms with Crippen LogP contribution >= 0.6 is 11.8 Å². The van der Waals surface area contributed by atoms with Crippen LogP contribution in [0.4, 0.5) is 0 Å². The Balaban J connectivity index is 2.82. The average molecular weight is 296 g/mol. The largest absolute Gasteiger partial charge is 0.380 e. The molecular formula is C16H28N2OS. The molecule has 3 nitrogen and oxygen atoms in total. The highest BCUT2D eigenvalue weighted by molar-refractivity contribution is 7.98. The van der Waals surface area contributed by atoms with E-state index in [2.05, 4.69) is 49.4 Å². The highest BCUT2D eigenvalue weighted by Gasteiger charge is 2.21. The van der Waals surface area contributed by atoms with Gasteiger partial charge in [0.15, 0.2) is 0 Å². The minimum atomic E-state index is 0.281. The fraction of sp³-hybridized carbons (Fsp3) is 0.625. The lowest BCUT2D eigenvalue weighted by molar-refractivity contribution is 0.183. The van der Waals surface area contributed by atoms with Gasteiger partial charge in [0, 0.05) is 31.5 Å². The number of likely N-dealkylation sites (N-methyl/N-ethyl adjacent to an activating group) is 1. The van der Waals surface area contributed by atoms with Gasteiger partial charge in [-0.3, -0.25) is 4.90 Å². The van der Waals surface area contributed by atoms with Crippen LogP contribution in [-0.2, 0) is 11.3 Å². The van der Waals surface area contributed by atoms with Gasteiger partial charge in [-0.05, 0) is 30.9 Å². The lowest BCUT2D eigenvalue weighted by Gasteiger charge is -2.34. The zero-order valence-electron chi connectivity index (χ0n) is 13.1. The Morgan fingerprint density at radius 2 is 1.95 bits per heavy atom. The number of benzene rings is 1. The molecule has 0 radical (unpaired) electrons. The summed E-state index contributed by atoms with van der Waals surface area (Å²) >= 11 is 1.90. The predicted molar refractivity (Wildman–Crippen MR) is 89.2 cm³/mol. The molecule has 0 spiro atoms. The van der Waals surface area contributed by atoms with E-state index in [1.807, 2.05) is 11.8 Å². The zero-order valence-corrected chi connectivity index (χ0v) is 14.0.